The van der Waals surface area contributed by atoms with Gasteiger partial charge in [-0.25, -0.2) is 4.79 Å². The molecule has 2 aromatic carbocycles. The summed E-state index contributed by atoms with van der Waals surface area (Å²) in [6, 6.07) is 15.2. The number of ether oxygens (including phenoxy) is 2. The van der Waals surface area contributed by atoms with Crippen LogP contribution in [0.2, 0.25) is 0 Å². The van der Waals surface area contributed by atoms with Crippen LogP contribution >= 0.6 is 0 Å². The number of carbonyl (C=O) groups excluding carboxylic acids is 2. The molecule has 6 nitrogen and oxygen atoms in total. The van der Waals surface area contributed by atoms with Crippen LogP contribution in [0.25, 0.3) is 0 Å². The van der Waals surface area contributed by atoms with E-state index in [1.165, 1.54) is 18.4 Å². The fourth-order valence-electron chi connectivity index (χ4n) is 3.08. The monoisotopic (exact) mass is 382 g/mol. The minimum Gasteiger partial charge on any atom is -0.482 e. The van der Waals surface area contributed by atoms with E-state index in [2.05, 4.69) is 17.1 Å². The van der Waals surface area contributed by atoms with Crippen molar-refractivity contribution in [1.29, 1.82) is 0 Å². The minimum atomic E-state index is -0.584. The van der Waals surface area contributed by atoms with Crippen molar-refractivity contribution in [2.24, 2.45) is 0 Å². The Hall–Kier alpha value is -3.02. The molecule has 28 heavy (non-hydrogen) atoms. The zero-order chi connectivity index (χ0) is 19.8. The van der Waals surface area contributed by atoms with Crippen LogP contribution in [0.4, 0.5) is 11.4 Å². The smallest absolute Gasteiger partial charge is 0.344 e. The summed E-state index contributed by atoms with van der Waals surface area (Å²) < 4.78 is 10.3. The third-order valence-corrected chi connectivity index (χ3v) is 4.67. The van der Waals surface area contributed by atoms with Gasteiger partial charge in [0.15, 0.2) is 13.2 Å². The van der Waals surface area contributed by atoms with Gasteiger partial charge in [-0.3, -0.25) is 4.79 Å². The zero-order valence-electron chi connectivity index (χ0n) is 16.1. The second-order valence-corrected chi connectivity index (χ2v) is 6.74. The number of rotatable bonds is 8. The van der Waals surface area contributed by atoms with E-state index in [9.17, 15) is 9.59 Å². The topological polar surface area (TPSA) is 67.9 Å². The summed E-state index contributed by atoms with van der Waals surface area (Å²) >= 11 is 0. The van der Waals surface area contributed by atoms with Gasteiger partial charge in [-0.05, 0) is 61.2 Å². The molecule has 148 valence electrons. The lowest BCUT2D eigenvalue weighted by atomic mass is 10.2. The third kappa shape index (κ3) is 5.74. The lowest BCUT2D eigenvalue weighted by Crippen LogP contribution is -2.23. The van der Waals surface area contributed by atoms with E-state index < -0.39 is 5.97 Å². The molecule has 0 radical (unpaired) electrons. The van der Waals surface area contributed by atoms with E-state index in [-0.39, 0.29) is 19.1 Å². The molecule has 2 aromatic rings. The van der Waals surface area contributed by atoms with Gasteiger partial charge >= 0.3 is 5.97 Å². The van der Waals surface area contributed by atoms with Crippen LogP contribution in [0.3, 0.4) is 0 Å². The molecule has 0 saturated carbocycles. The molecule has 3 rings (SSSR count). The number of anilines is 2. The standard InChI is InChI=1S/C22H26N2O4/c1-2-17-5-11-20(12-6-17)27-16-22(26)28-15-21(25)23-18-7-9-19(10-8-18)24-13-3-4-14-24/h5-12H,2-4,13-16H2,1H3,(H,23,25). The number of nitrogens with one attached hydrogen (secondary N) is 1. The molecule has 1 aliphatic rings. The molecule has 1 fully saturated rings. The maximum atomic E-state index is 12.0. The molecule has 6 heteroatoms. The largest absolute Gasteiger partial charge is 0.482 e. The first-order valence-electron chi connectivity index (χ1n) is 9.66. The lowest BCUT2D eigenvalue weighted by molar-refractivity contribution is -0.149. The molecule has 0 spiro atoms. The molecule has 1 aliphatic heterocycles. The minimum absolute atomic E-state index is 0.233. The summed E-state index contributed by atoms with van der Waals surface area (Å²) in [5.74, 6) is -0.370. The van der Waals surface area contributed by atoms with Crippen LogP contribution in [-0.4, -0.2) is 38.2 Å². The Morgan fingerprint density at radius 1 is 0.964 bits per heavy atom. The number of benzene rings is 2. The van der Waals surface area contributed by atoms with Gasteiger partial charge in [0.2, 0.25) is 0 Å². The van der Waals surface area contributed by atoms with E-state index in [4.69, 9.17) is 9.47 Å². The van der Waals surface area contributed by atoms with Crippen LogP contribution in [0, 0.1) is 0 Å². The number of nitrogens with zero attached hydrogens (tertiary/aromatic N) is 1. The molecule has 0 unspecified atom stereocenters. The first kappa shape index (κ1) is 19.7. The Kier molecular flexibility index (Phi) is 6.89. The normalized spacial score (nSPS) is 13.2. The number of esters is 1. The van der Waals surface area contributed by atoms with Gasteiger partial charge in [0.1, 0.15) is 5.75 Å². The SMILES string of the molecule is CCc1ccc(OCC(=O)OCC(=O)Nc2ccc(N3CCCC3)cc2)cc1. The number of aryl methyl sites for hydroxylation is 1. The number of hydrogen-bond acceptors (Lipinski definition) is 5. The van der Waals surface area contributed by atoms with Crippen LogP contribution in [0.15, 0.2) is 48.5 Å². The molecular weight excluding hydrogens is 356 g/mol. The van der Waals surface area contributed by atoms with Crippen molar-refractivity contribution in [3.63, 3.8) is 0 Å². The number of carbonyl (C=O) groups is 2. The molecule has 0 aliphatic carbocycles. The summed E-state index contributed by atoms with van der Waals surface area (Å²) in [5.41, 5.74) is 3.03. The van der Waals surface area contributed by atoms with Crippen molar-refractivity contribution in [1.82, 2.24) is 0 Å². The van der Waals surface area contributed by atoms with E-state index >= 15 is 0 Å². The van der Waals surface area contributed by atoms with E-state index in [1.807, 2.05) is 48.5 Å². The summed E-state index contributed by atoms with van der Waals surface area (Å²) in [4.78, 5) is 26.0. The van der Waals surface area contributed by atoms with Crippen LogP contribution in [-0.2, 0) is 20.7 Å². The lowest BCUT2D eigenvalue weighted by Gasteiger charge is -2.17. The molecular formula is C22H26N2O4. The maximum absolute atomic E-state index is 12.0. The average Bonchev–Trinajstić information content (AvgIpc) is 3.26. The van der Waals surface area contributed by atoms with Gasteiger partial charge in [0.25, 0.3) is 5.91 Å². The van der Waals surface area contributed by atoms with E-state index in [0.29, 0.717) is 11.4 Å². The zero-order valence-corrected chi connectivity index (χ0v) is 16.1. The second kappa shape index (κ2) is 9.78. The van der Waals surface area contributed by atoms with Crippen LogP contribution < -0.4 is 15.0 Å². The quantitative estimate of drug-likeness (QED) is 0.709. The van der Waals surface area contributed by atoms with Crippen molar-refractivity contribution < 1.29 is 19.1 Å². The Morgan fingerprint density at radius 2 is 1.64 bits per heavy atom. The third-order valence-electron chi connectivity index (χ3n) is 4.67. The summed E-state index contributed by atoms with van der Waals surface area (Å²) in [6.07, 6.45) is 3.38. The Morgan fingerprint density at radius 3 is 2.29 bits per heavy atom. The highest BCUT2D eigenvalue weighted by molar-refractivity contribution is 5.93. The Balaban J connectivity index is 1.37. The predicted molar refractivity (Wildman–Crippen MR) is 109 cm³/mol. The first-order valence-corrected chi connectivity index (χ1v) is 9.66. The molecule has 1 heterocycles. The summed E-state index contributed by atoms with van der Waals surface area (Å²) in [6.45, 7) is 3.65. The molecule has 1 N–H and O–H groups in total. The van der Waals surface area contributed by atoms with Crippen LogP contribution in [0.1, 0.15) is 25.3 Å². The average molecular weight is 382 g/mol. The highest BCUT2D eigenvalue weighted by Gasteiger charge is 2.13. The molecule has 1 amide bonds. The fraction of sp³-hybridized carbons (Fsp3) is 0.364. The van der Waals surface area contributed by atoms with Gasteiger partial charge in [0, 0.05) is 24.5 Å². The Labute approximate surface area is 165 Å². The molecule has 1 saturated heterocycles. The number of hydrogen-bond donors (Lipinski definition) is 1. The first-order chi connectivity index (χ1) is 13.6. The summed E-state index contributed by atoms with van der Waals surface area (Å²) in [7, 11) is 0. The highest BCUT2D eigenvalue weighted by atomic mass is 16.6. The maximum Gasteiger partial charge on any atom is 0.344 e. The summed E-state index contributed by atoms with van der Waals surface area (Å²) in [5, 5.41) is 2.73. The fourth-order valence-corrected chi connectivity index (χ4v) is 3.08. The van der Waals surface area contributed by atoms with Gasteiger partial charge in [-0.1, -0.05) is 19.1 Å². The van der Waals surface area contributed by atoms with Gasteiger partial charge in [0.05, 0.1) is 0 Å². The van der Waals surface area contributed by atoms with Gasteiger partial charge in [-0.15, -0.1) is 0 Å². The van der Waals surface area contributed by atoms with Crippen molar-refractivity contribution in [3.05, 3.63) is 54.1 Å². The van der Waals surface area contributed by atoms with Crippen molar-refractivity contribution in [2.45, 2.75) is 26.2 Å². The van der Waals surface area contributed by atoms with Gasteiger partial charge < -0.3 is 19.7 Å². The van der Waals surface area contributed by atoms with E-state index in [1.54, 1.807) is 0 Å². The Bertz CT molecular complexity index is 781. The van der Waals surface area contributed by atoms with Crippen molar-refractivity contribution >= 4 is 23.3 Å². The van der Waals surface area contributed by atoms with Crippen LogP contribution in [0.5, 0.6) is 5.75 Å². The van der Waals surface area contributed by atoms with Crippen molar-refractivity contribution in [2.75, 3.05) is 36.5 Å². The van der Waals surface area contributed by atoms with Crippen molar-refractivity contribution in [3.8, 4) is 5.75 Å². The predicted octanol–water partition coefficient (Wildman–Crippen LogP) is 3.41. The molecule has 0 aromatic heterocycles. The molecule has 0 bridgehead atoms. The number of amides is 1. The highest BCUT2D eigenvalue weighted by Crippen LogP contribution is 2.22. The van der Waals surface area contributed by atoms with Gasteiger partial charge in [-0.2, -0.15) is 0 Å². The second-order valence-electron chi connectivity index (χ2n) is 6.74. The van der Waals surface area contributed by atoms with E-state index in [0.717, 1.165) is 25.2 Å². The molecule has 0 atom stereocenters.